The Balaban J connectivity index is 2.29. The number of halogens is 2. The molecule has 0 radical (unpaired) electrons. The van der Waals surface area contributed by atoms with Crippen molar-refractivity contribution in [3.63, 3.8) is 0 Å². The molecule has 19 heavy (non-hydrogen) atoms. The molecule has 0 atom stereocenters. The van der Waals surface area contributed by atoms with E-state index in [9.17, 15) is 10.1 Å². The van der Waals surface area contributed by atoms with E-state index in [0.29, 0.717) is 13.2 Å². The fourth-order valence-corrected chi connectivity index (χ4v) is 2.64. The summed E-state index contributed by atoms with van der Waals surface area (Å²) >= 11 is 12.3. The minimum Gasteiger partial charge on any atom is -0.472 e. The number of nitrogens with one attached hydrogen (secondary N) is 1. The van der Waals surface area contributed by atoms with Crippen molar-refractivity contribution < 1.29 is 9.66 Å². The van der Waals surface area contributed by atoms with Crippen LogP contribution in [-0.2, 0) is 4.74 Å². The van der Waals surface area contributed by atoms with Gasteiger partial charge >= 0.3 is 5.70 Å². The normalized spacial score (nSPS) is 23.4. The summed E-state index contributed by atoms with van der Waals surface area (Å²) in [5.74, 6) is 0.0881. The molecule has 6 nitrogen and oxygen atoms in total. The van der Waals surface area contributed by atoms with E-state index in [-0.39, 0.29) is 21.8 Å². The highest BCUT2D eigenvalue weighted by Crippen LogP contribution is 2.29. The van der Waals surface area contributed by atoms with Crippen LogP contribution < -0.4 is 5.32 Å². The van der Waals surface area contributed by atoms with Gasteiger partial charge in [0.1, 0.15) is 11.8 Å². The number of likely N-dealkylation sites (tertiary alicyclic amines) is 1. The molecule has 0 aromatic carbocycles. The lowest BCUT2D eigenvalue weighted by Gasteiger charge is -2.28. The van der Waals surface area contributed by atoms with E-state index in [1.54, 1.807) is 0 Å². The van der Waals surface area contributed by atoms with Crippen LogP contribution in [0.15, 0.2) is 21.8 Å². The van der Waals surface area contributed by atoms with Crippen LogP contribution in [0.25, 0.3) is 0 Å². The molecule has 0 bridgehead atoms. The Morgan fingerprint density at radius 2 is 2.00 bits per heavy atom. The van der Waals surface area contributed by atoms with Crippen molar-refractivity contribution in [1.29, 1.82) is 0 Å². The standard InChI is InChI=1S/C11H15Cl2N3O3/c12-8(10(13)15-5-2-1-3-6-15)9(16(17)18)11-14-4-7-19-11/h14H,1-7H2/b10-8-,11-9-. The molecule has 0 amide bonds. The van der Waals surface area contributed by atoms with Crippen LogP contribution in [0.5, 0.6) is 0 Å². The first kappa shape index (κ1) is 14.3. The summed E-state index contributed by atoms with van der Waals surface area (Å²) in [5.41, 5.74) is -0.297. The Labute approximate surface area is 121 Å². The topological polar surface area (TPSA) is 67.6 Å². The highest BCUT2D eigenvalue weighted by molar-refractivity contribution is 6.40. The van der Waals surface area contributed by atoms with Crippen molar-refractivity contribution in [1.82, 2.24) is 10.2 Å². The molecule has 8 heteroatoms. The van der Waals surface area contributed by atoms with Gasteiger partial charge < -0.3 is 15.0 Å². The van der Waals surface area contributed by atoms with Gasteiger partial charge in [-0.25, -0.2) is 0 Å². The van der Waals surface area contributed by atoms with E-state index >= 15 is 0 Å². The summed E-state index contributed by atoms with van der Waals surface area (Å²) < 4.78 is 5.17. The number of allylic oxidation sites excluding steroid dienone is 1. The van der Waals surface area contributed by atoms with Gasteiger partial charge in [-0.05, 0) is 19.3 Å². The maximum atomic E-state index is 11.1. The average molecular weight is 308 g/mol. The van der Waals surface area contributed by atoms with Crippen molar-refractivity contribution >= 4 is 23.2 Å². The Morgan fingerprint density at radius 1 is 1.32 bits per heavy atom. The monoisotopic (exact) mass is 307 g/mol. The smallest absolute Gasteiger partial charge is 0.349 e. The molecule has 0 saturated carbocycles. The Hall–Kier alpha value is -1.14. The van der Waals surface area contributed by atoms with Gasteiger partial charge in [0.25, 0.3) is 5.88 Å². The molecule has 0 aromatic heterocycles. The van der Waals surface area contributed by atoms with Crippen LogP contribution in [0, 0.1) is 10.1 Å². The summed E-state index contributed by atoms with van der Waals surface area (Å²) in [4.78, 5) is 12.4. The van der Waals surface area contributed by atoms with Crippen molar-refractivity contribution in [2.45, 2.75) is 19.3 Å². The highest BCUT2D eigenvalue weighted by atomic mass is 35.5. The molecule has 0 unspecified atom stereocenters. The van der Waals surface area contributed by atoms with E-state index in [0.717, 1.165) is 32.4 Å². The van der Waals surface area contributed by atoms with Gasteiger partial charge in [-0.15, -0.1) is 0 Å². The van der Waals surface area contributed by atoms with E-state index < -0.39 is 4.92 Å². The van der Waals surface area contributed by atoms with Gasteiger partial charge in [0.2, 0.25) is 0 Å². The number of hydrogen-bond acceptors (Lipinski definition) is 5. The number of hydrogen-bond donors (Lipinski definition) is 1. The lowest BCUT2D eigenvalue weighted by Crippen LogP contribution is -2.28. The first-order chi connectivity index (χ1) is 9.11. The second-order valence-corrected chi connectivity index (χ2v) is 5.10. The van der Waals surface area contributed by atoms with Gasteiger partial charge in [0, 0.05) is 13.1 Å². The third-order valence-corrected chi connectivity index (χ3v) is 3.94. The molecule has 2 heterocycles. The van der Waals surface area contributed by atoms with Gasteiger partial charge in [0.15, 0.2) is 5.03 Å². The molecule has 2 aliphatic rings. The third kappa shape index (κ3) is 3.25. The van der Waals surface area contributed by atoms with Gasteiger partial charge in [-0.2, -0.15) is 0 Å². The van der Waals surface area contributed by atoms with Crippen LogP contribution in [0.2, 0.25) is 0 Å². The Kier molecular flexibility index (Phi) is 4.76. The zero-order valence-electron chi connectivity index (χ0n) is 10.3. The zero-order valence-corrected chi connectivity index (χ0v) is 11.8. The lowest BCUT2D eigenvalue weighted by atomic mass is 10.1. The Bertz CT molecular complexity index is 423. The predicted molar refractivity (Wildman–Crippen MR) is 72.1 cm³/mol. The summed E-state index contributed by atoms with van der Waals surface area (Å²) in [6.07, 6.45) is 3.17. The number of piperidine rings is 1. The fourth-order valence-electron chi connectivity index (χ4n) is 2.11. The van der Waals surface area contributed by atoms with Gasteiger partial charge in [-0.3, -0.25) is 10.1 Å². The minimum atomic E-state index is -0.567. The first-order valence-corrected chi connectivity index (χ1v) is 6.93. The average Bonchev–Trinajstić information content (AvgIpc) is 2.92. The second kappa shape index (κ2) is 6.34. The largest absolute Gasteiger partial charge is 0.472 e. The second-order valence-electron chi connectivity index (χ2n) is 4.36. The third-order valence-electron chi connectivity index (χ3n) is 3.05. The molecule has 0 spiro atoms. The van der Waals surface area contributed by atoms with E-state index in [2.05, 4.69) is 5.32 Å². The maximum absolute atomic E-state index is 11.1. The minimum absolute atomic E-state index is 0.0713. The molecule has 0 aromatic rings. The van der Waals surface area contributed by atoms with Crippen LogP contribution in [0.4, 0.5) is 0 Å². The maximum Gasteiger partial charge on any atom is 0.349 e. The number of nitrogens with zero attached hydrogens (tertiary/aromatic N) is 2. The van der Waals surface area contributed by atoms with Crippen LogP contribution in [-0.4, -0.2) is 36.1 Å². The van der Waals surface area contributed by atoms with Crippen LogP contribution in [0.1, 0.15) is 19.3 Å². The van der Waals surface area contributed by atoms with Gasteiger partial charge in [0.05, 0.1) is 11.5 Å². The molecule has 2 aliphatic heterocycles. The SMILES string of the molecule is O=[N+]([O-])C(=C1/NCCO1)/C(Cl)=C(\Cl)N1CCCCC1. The molecule has 0 aliphatic carbocycles. The Morgan fingerprint density at radius 3 is 2.53 bits per heavy atom. The van der Waals surface area contributed by atoms with E-state index in [4.69, 9.17) is 27.9 Å². The van der Waals surface area contributed by atoms with Crippen molar-refractivity contribution in [2.24, 2.45) is 0 Å². The number of ether oxygens (including phenoxy) is 1. The molecule has 1 N–H and O–H groups in total. The summed E-state index contributed by atoms with van der Waals surface area (Å²) in [6.45, 7) is 2.45. The number of rotatable bonds is 3. The van der Waals surface area contributed by atoms with E-state index in [1.807, 2.05) is 4.90 Å². The predicted octanol–water partition coefficient (Wildman–Crippen LogP) is 2.18. The lowest BCUT2D eigenvalue weighted by molar-refractivity contribution is -0.423. The quantitative estimate of drug-likeness (QED) is 0.492. The summed E-state index contributed by atoms with van der Waals surface area (Å²) in [6, 6.07) is 0. The molecule has 106 valence electrons. The van der Waals surface area contributed by atoms with Crippen LogP contribution in [0.3, 0.4) is 0 Å². The molecule has 2 saturated heterocycles. The van der Waals surface area contributed by atoms with Gasteiger partial charge in [-0.1, -0.05) is 23.2 Å². The molecule has 2 rings (SSSR count). The van der Waals surface area contributed by atoms with E-state index in [1.165, 1.54) is 0 Å². The summed E-state index contributed by atoms with van der Waals surface area (Å²) in [5, 5.41) is 14.1. The summed E-state index contributed by atoms with van der Waals surface area (Å²) in [7, 11) is 0. The van der Waals surface area contributed by atoms with Crippen molar-refractivity contribution in [3.05, 3.63) is 31.9 Å². The molecular weight excluding hydrogens is 293 g/mol. The van der Waals surface area contributed by atoms with Crippen LogP contribution >= 0.6 is 23.2 Å². The van der Waals surface area contributed by atoms with Crippen molar-refractivity contribution in [2.75, 3.05) is 26.2 Å². The van der Waals surface area contributed by atoms with Crippen molar-refractivity contribution in [3.8, 4) is 0 Å². The number of nitro groups is 1. The fraction of sp³-hybridized carbons (Fsp3) is 0.636. The molecule has 2 fully saturated rings. The zero-order chi connectivity index (χ0) is 13.8. The first-order valence-electron chi connectivity index (χ1n) is 6.17. The highest BCUT2D eigenvalue weighted by Gasteiger charge is 2.31. The molecular formula is C11H15Cl2N3O3.